The highest BCUT2D eigenvalue weighted by Gasteiger charge is 2.28. The number of hydrogen-bond donors (Lipinski definition) is 3. The Balaban J connectivity index is 4.09. The number of hydrogen-bond acceptors (Lipinski definition) is 5. The molecule has 0 aromatic carbocycles. The van der Waals surface area contributed by atoms with Crippen LogP contribution in [0.2, 0.25) is 0 Å². The van der Waals surface area contributed by atoms with Gasteiger partial charge in [-0.3, -0.25) is 13.8 Å². The van der Waals surface area contributed by atoms with Crippen molar-refractivity contribution in [2.75, 3.05) is 40.9 Å². The van der Waals surface area contributed by atoms with Gasteiger partial charge in [-0.2, -0.15) is 0 Å². The minimum absolute atomic E-state index is 0.0768. The molecule has 0 aromatic heterocycles. The molecule has 0 heterocycles. The summed E-state index contributed by atoms with van der Waals surface area (Å²) >= 11 is 0. The molecule has 3 atom stereocenters. The molecule has 0 saturated heterocycles. The number of quaternary nitrogens is 1. The molecule has 340 valence electrons. The topological polar surface area (TPSA) is 105 Å². The molecule has 0 radical (unpaired) electrons. The summed E-state index contributed by atoms with van der Waals surface area (Å²) in [6.07, 6.45) is 46.8. The Morgan fingerprint density at radius 1 is 0.579 bits per heavy atom. The van der Waals surface area contributed by atoms with Gasteiger partial charge in [-0.1, -0.05) is 206 Å². The summed E-state index contributed by atoms with van der Waals surface area (Å²) in [5.74, 6) is -0.144. The summed E-state index contributed by atoms with van der Waals surface area (Å²) in [6.45, 7) is 4.89. The number of nitrogens with zero attached hydrogens (tertiary/aromatic N) is 1. The molecule has 0 rings (SSSR count). The van der Waals surface area contributed by atoms with Gasteiger partial charge in [-0.15, -0.1) is 0 Å². The third-order valence-corrected chi connectivity index (χ3v) is 12.2. The van der Waals surface area contributed by atoms with Crippen molar-refractivity contribution < 1.29 is 32.9 Å². The smallest absolute Gasteiger partial charge is 0.391 e. The predicted molar refractivity (Wildman–Crippen MR) is 245 cm³/mol. The van der Waals surface area contributed by atoms with Crippen LogP contribution in [0.15, 0.2) is 12.2 Å². The first-order chi connectivity index (χ1) is 27.5. The van der Waals surface area contributed by atoms with Gasteiger partial charge < -0.3 is 19.8 Å². The fraction of sp³-hybridized carbons (Fsp3) is 0.938. The highest BCUT2D eigenvalue weighted by molar-refractivity contribution is 7.47. The normalized spacial score (nSPS) is 14.3. The van der Waals surface area contributed by atoms with E-state index >= 15 is 0 Å². The maximum absolute atomic E-state index is 12.9. The second-order valence-electron chi connectivity index (χ2n) is 18.2. The van der Waals surface area contributed by atoms with E-state index in [0.29, 0.717) is 23.9 Å². The van der Waals surface area contributed by atoms with Crippen LogP contribution in [0.4, 0.5) is 0 Å². The molecule has 8 nitrogen and oxygen atoms in total. The van der Waals surface area contributed by atoms with Crippen molar-refractivity contribution in [3.05, 3.63) is 12.2 Å². The van der Waals surface area contributed by atoms with Gasteiger partial charge >= 0.3 is 7.82 Å². The van der Waals surface area contributed by atoms with Gasteiger partial charge in [0.05, 0.1) is 39.9 Å². The van der Waals surface area contributed by atoms with Crippen molar-refractivity contribution in [2.24, 2.45) is 0 Å². The van der Waals surface area contributed by atoms with E-state index in [1.807, 2.05) is 21.1 Å². The maximum Gasteiger partial charge on any atom is 0.472 e. The quantitative estimate of drug-likeness (QED) is 0.0244. The molecule has 0 fully saturated rings. The van der Waals surface area contributed by atoms with E-state index in [-0.39, 0.29) is 19.1 Å². The monoisotopic (exact) mass is 830 g/mol. The molecule has 3 unspecified atom stereocenters. The molecule has 0 aliphatic heterocycles. The molecular weight excluding hydrogens is 732 g/mol. The Kier molecular flexibility index (Phi) is 40.1. The minimum atomic E-state index is -4.31. The second kappa shape index (κ2) is 40.6. The third kappa shape index (κ3) is 43.1. The number of rotatable bonds is 45. The summed E-state index contributed by atoms with van der Waals surface area (Å²) < 4.78 is 23.6. The van der Waals surface area contributed by atoms with Crippen LogP contribution in [0, 0.1) is 0 Å². The average Bonchev–Trinajstić information content (AvgIpc) is 3.16. The number of aliphatic hydroxyl groups excluding tert-OH is 1. The average molecular weight is 830 g/mol. The first kappa shape index (κ1) is 56.2. The largest absolute Gasteiger partial charge is 0.472 e. The zero-order valence-electron chi connectivity index (χ0n) is 38.6. The van der Waals surface area contributed by atoms with Crippen LogP contribution < -0.4 is 5.32 Å². The summed E-state index contributed by atoms with van der Waals surface area (Å²) in [5.41, 5.74) is 0. The van der Waals surface area contributed by atoms with Crippen molar-refractivity contribution >= 4 is 13.7 Å². The van der Waals surface area contributed by atoms with Crippen molar-refractivity contribution in [3.63, 3.8) is 0 Å². The number of phosphoric ester groups is 1. The zero-order chi connectivity index (χ0) is 42.1. The first-order valence-corrected chi connectivity index (χ1v) is 26.0. The molecule has 57 heavy (non-hydrogen) atoms. The number of phosphoric acid groups is 1. The molecule has 3 N–H and O–H groups in total. The number of aliphatic hydroxyl groups is 1. The maximum atomic E-state index is 12.9. The summed E-state index contributed by atoms with van der Waals surface area (Å²) in [4.78, 5) is 23.1. The van der Waals surface area contributed by atoms with E-state index in [1.165, 1.54) is 173 Å². The van der Waals surface area contributed by atoms with E-state index in [0.717, 1.165) is 38.5 Å². The number of carbonyl (C=O) groups excluding carboxylic acids is 1. The van der Waals surface area contributed by atoms with E-state index in [2.05, 4.69) is 31.3 Å². The van der Waals surface area contributed by atoms with Gasteiger partial charge in [0.25, 0.3) is 0 Å². The van der Waals surface area contributed by atoms with Crippen molar-refractivity contribution in [3.8, 4) is 0 Å². The second-order valence-corrected chi connectivity index (χ2v) is 19.6. The standard InChI is InChI=1S/C48H97N2O6P/c1-6-8-10-12-14-16-18-19-20-21-22-23-24-25-26-27-28-29-30-31-32-34-36-38-40-42-48(52)49-46(45-56-57(53,54)55-44-43-50(3,4)5)47(51)41-39-37-35-33-17-15-13-11-9-7-2/h21-22,46-47,51H,6-20,23-45H2,1-5H3,(H-,49,52,53,54)/p+1/b22-21-. The zero-order valence-corrected chi connectivity index (χ0v) is 39.5. The first-order valence-electron chi connectivity index (χ1n) is 24.6. The third-order valence-electron chi connectivity index (χ3n) is 11.3. The van der Waals surface area contributed by atoms with Gasteiger partial charge in [-0.25, -0.2) is 4.57 Å². The lowest BCUT2D eigenvalue weighted by Gasteiger charge is -2.26. The predicted octanol–water partition coefficient (Wildman–Crippen LogP) is 13.9. The van der Waals surface area contributed by atoms with Crippen LogP contribution >= 0.6 is 7.82 Å². The van der Waals surface area contributed by atoms with Crippen molar-refractivity contribution in [2.45, 2.75) is 251 Å². The SMILES string of the molecule is CCCCCCCCCC/C=C\CCCCCCCCCCCCCCCC(=O)NC(COP(=O)(O)OCC[N+](C)(C)C)C(O)CCCCCCCCCCCC. The minimum Gasteiger partial charge on any atom is -0.391 e. The Labute approximate surface area is 354 Å². The van der Waals surface area contributed by atoms with Gasteiger partial charge in [0.2, 0.25) is 5.91 Å². The Morgan fingerprint density at radius 3 is 1.35 bits per heavy atom. The Hall–Kier alpha value is -0.760. The number of carbonyl (C=O) groups is 1. The van der Waals surface area contributed by atoms with Crippen LogP contribution in [0.25, 0.3) is 0 Å². The molecule has 0 spiro atoms. The van der Waals surface area contributed by atoms with E-state index in [4.69, 9.17) is 9.05 Å². The van der Waals surface area contributed by atoms with Gasteiger partial charge in [0.15, 0.2) is 0 Å². The van der Waals surface area contributed by atoms with Crippen LogP contribution in [0.1, 0.15) is 239 Å². The van der Waals surface area contributed by atoms with Gasteiger partial charge in [0, 0.05) is 6.42 Å². The molecule has 0 aliphatic rings. The fourth-order valence-corrected chi connectivity index (χ4v) is 8.07. The number of likely N-dealkylation sites (N-methyl/N-ethyl adjacent to an activating group) is 1. The fourth-order valence-electron chi connectivity index (χ4n) is 7.34. The molecule has 0 aliphatic carbocycles. The molecule has 0 aromatic rings. The van der Waals surface area contributed by atoms with Gasteiger partial charge in [0.1, 0.15) is 13.2 Å². The molecular formula is C48H98N2O6P+. The van der Waals surface area contributed by atoms with Crippen LogP contribution in [-0.4, -0.2) is 73.4 Å². The highest BCUT2D eigenvalue weighted by Crippen LogP contribution is 2.43. The highest BCUT2D eigenvalue weighted by atomic mass is 31.2. The molecule has 1 amide bonds. The molecule has 0 bridgehead atoms. The lowest BCUT2D eigenvalue weighted by atomic mass is 10.0. The van der Waals surface area contributed by atoms with Crippen molar-refractivity contribution in [1.82, 2.24) is 5.32 Å². The Bertz CT molecular complexity index is 942. The summed E-state index contributed by atoms with van der Waals surface area (Å²) in [6, 6.07) is -0.755. The summed E-state index contributed by atoms with van der Waals surface area (Å²) in [7, 11) is 1.62. The van der Waals surface area contributed by atoms with Crippen molar-refractivity contribution in [1.29, 1.82) is 0 Å². The number of unbranched alkanes of at least 4 members (excludes halogenated alkanes) is 30. The lowest BCUT2D eigenvalue weighted by Crippen LogP contribution is -2.46. The number of amides is 1. The van der Waals surface area contributed by atoms with Gasteiger partial charge in [-0.05, 0) is 38.5 Å². The number of allylic oxidation sites excluding steroid dienone is 2. The van der Waals surface area contributed by atoms with Crippen LogP contribution in [-0.2, 0) is 18.4 Å². The van der Waals surface area contributed by atoms with Crippen LogP contribution in [0.3, 0.4) is 0 Å². The summed E-state index contributed by atoms with van der Waals surface area (Å²) in [5, 5.41) is 13.9. The Morgan fingerprint density at radius 2 is 0.947 bits per heavy atom. The van der Waals surface area contributed by atoms with E-state index < -0.39 is 20.0 Å². The number of nitrogens with one attached hydrogen (secondary N) is 1. The van der Waals surface area contributed by atoms with E-state index in [9.17, 15) is 19.4 Å². The van der Waals surface area contributed by atoms with Crippen LogP contribution in [0.5, 0.6) is 0 Å². The van der Waals surface area contributed by atoms with E-state index in [1.54, 1.807) is 0 Å². The molecule has 9 heteroatoms. The lowest BCUT2D eigenvalue weighted by molar-refractivity contribution is -0.870. The molecule has 0 saturated carbocycles.